The van der Waals surface area contributed by atoms with Crippen LogP contribution in [0.2, 0.25) is 0 Å². The number of aliphatic hydroxyl groups excluding tert-OH is 1. The summed E-state index contributed by atoms with van der Waals surface area (Å²) < 4.78 is 12.9. The first-order valence-electron chi connectivity index (χ1n) is 6.75. The molecule has 1 atom stereocenters. The lowest BCUT2D eigenvalue weighted by Gasteiger charge is -2.11. The van der Waals surface area contributed by atoms with E-state index in [9.17, 15) is 9.50 Å². The first kappa shape index (κ1) is 13.5. The number of H-pyrrole nitrogens is 1. The fourth-order valence-electron chi connectivity index (χ4n) is 2.34. The van der Waals surface area contributed by atoms with Gasteiger partial charge in [-0.05, 0) is 23.3 Å². The maximum Gasteiger partial charge on any atom is 0.123 e. The molecule has 0 saturated carbocycles. The standard InChI is InChI=1S/C17H15FN2O/c18-14-8-6-12(7-9-14)10-16(21)15-11-19-20-17(15)13-4-2-1-3-5-13/h1-9,11,16,21H,10H2,(H,19,20). The zero-order chi connectivity index (χ0) is 14.7. The molecule has 0 spiro atoms. The number of nitrogens with zero attached hydrogens (tertiary/aromatic N) is 1. The lowest BCUT2D eigenvalue weighted by atomic mass is 9.99. The summed E-state index contributed by atoms with van der Waals surface area (Å²) in [6.07, 6.45) is 1.36. The summed E-state index contributed by atoms with van der Waals surface area (Å²) in [4.78, 5) is 0. The highest BCUT2D eigenvalue weighted by Gasteiger charge is 2.16. The second kappa shape index (κ2) is 5.89. The van der Waals surface area contributed by atoms with E-state index in [1.807, 2.05) is 30.3 Å². The zero-order valence-electron chi connectivity index (χ0n) is 11.3. The topological polar surface area (TPSA) is 48.9 Å². The lowest BCUT2D eigenvalue weighted by molar-refractivity contribution is 0.179. The Morgan fingerprint density at radius 1 is 1.05 bits per heavy atom. The van der Waals surface area contributed by atoms with Crippen LogP contribution in [-0.4, -0.2) is 15.3 Å². The van der Waals surface area contributed by atoms with Gasteiger partial charge in [-0.15, -0.1) is 0 Å². The number of benzene rings is 2. The Labute approximate surface area is 122 Å². The van der Waals surface area contributed by atoms with Crippen molar-refractivity contribution >= 4 is 0 Å². The first-order valence-corrected chi connectivity index (χ1v) is 6.75. The molecule has 106 valence electrons. The van der Waals surface area contributed by atoms with Gasteiger partial charge >= 0.3 is 0 Å². The number of aliphatic hydroxyl groups is 1. The molecule has 3 aromatic rings. The van der Waals surface area contributed by atoms with Gasteiger partial charge in [-0.1, -0.05) is 42.5 Å². The Balaban J connectivity index is 1.84. The van der Waals surface area contributed by atoms with Crippen molar-refractivity contribution < 1.29 is 9.50 Å². The Hall–Kier alpha value is -2.46. The molecule has 0 aliphatic heterocycles. The summed E-state index contributed by atoms with van der Waals surface area (Å²) in [7, 11) is 0. The molecule has 0 radical (unpaired) electrons. The van der Waals surface area contributed by atoms with Gasteiger partial charge in [0.05, 0.1) is 18.0 Å². The minimum atomic E-state index is -0.690. The summed E-state index contributed by atoms with van der Waals surface area (Å²) in [5.41, 5.74) is 3.41. The van der Waals surface area contributed by atoms with E-state index in [0.717, 1.165) is 22.4 Å². The van der Waals surface area contributed by atoms with Crippen LogP contribution in [0.25, 0.3) is 11.3 Å². The van der Waals surface area contributed by atoms with Crippen LogP contribution in [-0.2, 0) is 6.42 Å². The highest BCUT2D eigenvalue weighted by Crippen LogP contribution is 2.27. The molecule has 0 saturated heterocycles. The molecule has 1 unspecified atom stereocenters. The Bertz CT molecular complexity index is 707. The molecule has 0 bridgehead atoms. The number of halogens is 1. The third kappa shape index (κ3) is 3.01. The Morgan fingerprint density at radius 2 is 1.76 bits per heavy atom. The van der Waals surface area contributed by atoms with Crippen LogP contribution in [0.5, 0.6) is 0 Å². The zero-order valence-corrected chi connectivity index (χ0v) is 11.3. The monoisotopic (exact) mass is 282 g/mol. The Kier molecular flexibility index (Phi) is 3.79. The van der Waals surface area contributed by atoms with Crippen LogP contribution >= 0.6 is 0 Å². The molecule has 3 rings (SSSR count). The molecule has 0 fully saturated rings. The van der Waals surface area contributed by atoms with Crippen LogP contribution in [0.4, 0.5) is 4.39 Å². The fraction of sp³-hybridized carbons (Fsp3) is 0.118. The molecular formula is C17H15FN2O. The first-order chi connectivity index (χ1) is 10.2. The van der Waals surface area contributed by atoms with Gasteiger partial charge in [0.1, 0.15) is 5.82 Å². The number of aromatic nitrogens is 2. The number of aromatic amines is 1. The maximum absolute atomic E-state index is 12.9. The smallest absolute Gasteiger partial charge is 0.123 e. The van der Waals surface area contributed by atoms with Crippen molar-refractivity contribution in [3.8, 4) is 11.3 Å². The molecule has 3 nitrogen and oxygen atoms in total. The third-order valence-corrected chi connectivity index (χ3v) is 3.43. The van der Waals surface area contributed by atoms with Crippen molar-refractivity contribution in [1.82, 2.24) is 10.2 Å². The molecule has 1 aromatic heterocycles. The predicted molar refractivity (Wildman–Crippen MR) is 79.1 cm³/mol. The normalized spacial score (nSPS) is 12.3. The largest absolute Gasteiger partial charge is 0.388 e. The van der Waals surface area contributed by atoms with E-state index in [-0.39, 0.29) is 5.82 Å². The fourth-order valence-corrected chi connectivity index (χ4v) is 2.34. The number of rotatable bonds is 4. The van der Waals surface area contributed by atoms with Crippen molar-refractivity contribution in [3.63, 3.8) is 0 Å². The van der Waals surface area contributed by atoms with Crippen LogP contribution in [0.3, 0.4) is 0 Å². The van der Waals surface area contributed by atoms with E-state index in [4.69, 9.17) is 0 Å². The Morgan fingerprint density at radius 3 is 2.48 bits per heavy atom. The van der Waals surface area contributed by atoms with Gasteiger partial charge in [-0.2, -0.15) is 5.10 Å². The maximum atomic E-state index is 12.9. The van der Waals surface area contributed by atoms with Crippen LogP contribution in [0.15, 0.2) is 60.8 Å². The SMILES string of the molecule is OC(Cc1ccc(F)cc1)c1cn[nH]c1-c1ccccc1. The highest BCUT2D eigenvalue weighted by atomic mass is 19.1. The van der Waals surface area contributed by atoms with E-state index >= 15 is 0 Å². The van der Waals surface area contributed by atoms with Crippen molar-refractivity contribution in [2.75, 3.05) is 0 Å². The van der Waals surface area contributed by atoms with Gasteiger partial charge in [0.25, 0.3) is 0 Å². The highest BCUT2D eigenvalue weighted by molar-refractivity contribution is 5.62. The van der Waals surface area contributed by atoms with Crippen LogP contribution in [0.1, 0.15) is 17.2 Å². The van der Waals surface area contributed by atoms with E-state index in [1.54, 1.807) is 18.3 Å². The van der Waals surface area contributed by atoms with E-state index in [0.29, 0.717) is 6.42 Å². The summed E-state index contributed by atoms with van der Waals surface area (Å²) >= 11 is 0. The summed E-state index contributed by atoms with van der Waals surface area (Å²) in [5.74, 6) is -0.276. The molecule has 0 aliphatic rings. The molecule has 1 heterocycles. The summed E-state index contributed by atoms with van der Waals surface area (Å²) in [6, 6.07) is 15.9. The van der Waals surface area contributed by atoms with Gasteiger partial charge in [-0.3, -0.25) is 5.10 Å². The number of hydrogen-bond donors (Lipinski definition) is 2. The molecular weight excluding hydrogens is 267 g/mol. The van der Waals surface area contributed by atoms with Gasteiger partial charge in [-0.25, -0.2) is 4.39 Å². The quantitative estimate of drug-likeness (QED) is 0.769. The minimum Gasteiger partial charge on any atom is -0.388 e. The third-order valence-electron chi connectivity index (χ3n) is 3.43. The van der Waals surface area contributed by atoms with Crippen molar-refractivity contribution in [2.24, 2.45) is 0 Å². The molecule has 0 amide bonds. The summed E-state index contributed by atoms with van der Waals surface area (Å²) in [6.45, 7) is 0. The van der Waals surface area contributed by atoms with Gasteiger partial charge in [0, 0.05) is 12.0 Å². The van der Waals surface area contributed by atoms with Crippen molar-refractivity contribution in [2.45, 2.75) is 12.5 Å². The second-order valence-electron chi connectivity index (χ2n) is 4.91. The summed E-state index contributed by atoms with van der Waals surface area (Å²) in [5, 5.41) is 17.4. The average Bonchev–Trinajstić information content (AvgIpc) is 3.00. The van der Waals surface area contributed by atoms with Crippen LogP contribution in [0, 0.1) is 5.82 Å². The van der Waals surface area contributed by atoms with Gasteiger partial charge in [0.2, 0.25) is 0 Å². The van der Waals surface area contributed by atoms with E-state index < -0.39 is 6.10 Å². The minimum absolute atomic E-state index is 0.276. The predicted octanol–water partition coefficient (Wildman–Crippen LogP) is 3.49. The number of hydrogen-bond acceptors (Lipinski definition) is 2. The lowest BCUT2D eigenvalue weighted by Crippen LogP contribution is -2.02. The second-order valence-corrected chi connectivity index (χ2v) is 4.91. The molecule has 21 heavy (non-hydrogen) atoms. The van der Waals surface area contributed by atoms with Crippen molar-refractivity contribution in [1.29, 1.82) is 0 Å². The van der Waals surface area contributed by atoms with E-state index in [2.05, 4.69) is 10.2 Å². The average molecular weight is 282 g/mol. The van der Waals surface area contributed by atoms with Crippen LogP contribution < -0.4 is 0 Å². The molecule has 4 heteroatoms. The molecule has 2 N–H and O–H groups in total. The van der Waals surface area contributed by atoms with E-state index in [1.165, 1.54) is 12.1 Å². The molecule has 2 aromatic carbocycles. The van der Waals surface area contributed by atoms with Gasteiger partial charge in [0.15, 0.2) is 0 Å². The van der Waals surface area contributed by atoms with Crippen molar-refractivity contribution in [3.05, 3.63) is 77.7 Å². The van der Waals surface area contributed by atoms with Gasteiger partial charge < -0.3 is 5.11 Å². The molecule has 0 aliphatic carbocycles. The number of nitrogens with one attached hydrogen (secondary N) is 1.